The van der Waals surface area contributed by atoms with Gasteiger partial charge < -0.3 is 5.11 Å². The van der Waals surface area contributed by atoms with Crippen molar-refractivity contribution in [2.24, 2.45) is 0 Å². The molecule has 30 heavy (non-hydrogen) atoms. The number of carbonyl (C=O) groups excluding carboxylic acids is 1. The van der Waals surface area contributed by atoms with Crippen molar-refractivity contribution in [1.82, 2.24) is 0 Å². The monoisotopic (exact) mass is 416 g/mol. The minimum atomic E-state index is -1.20. The zero-order valence-corrected chi connectivity index (χ0v) is 20.3. The topological polar surface area (TPSA) is 37.3 Å². The van der Waals surface area contributed by atoms with Gasteiger partial charge in [-0.25, -0.2) is 0 Å². The van der Waals surface area contributed by atoms with Crippen molar-refractivity contribution in [1.29, 1.82) is 0 Å². The van der Waals surface area contributed by atoms with Gasteiger partial charge in [-0.05, 0) is 24.3 Å². The predicted molar refractivity (Wildman–Crippen MR) is 130 cm³/mol. The van der Waals surface area contributed by atoms with Crippen LogP contribution in [0.15, 0.2) is 24.3 Å². The third kappa shape index (κ3) is 10.2. The third-order valence-electron chi connectivity index (χ3n) is 6.37. The first-order valence-corrected chi connectivity index (χ1v) is 12.8. The molecular weight excluding hydrogens is 368 g/mol. The average Bonchev–Trinajstić information content (AvgIpc) is 2.74. The minimum Gasteiger partial charge on any atom is -0.382 e. The van der Waals surface area contributed by atoms with Crippen LogP contribution in [0.4, 0.5) is 0 Å². The fourth-order valence-corrected chi connectivity index (χ4v) is 4.31. The first-order valence-electron chi connectivity index (χ1n) is 12.8. The standard InChI is InChI=1S/C28H48O2/c1-5-7-8-9-10-11-12-13-14-15-16-17-23-28(30,22-6-2)27(29)26-20-18-25(19-21-26)24(3)4/h18-21,24,30H,5-17,22-23H2,1-4H3. The molecule has 0 aliphatic heterocycles. The van der Waals surface area contributed by atoms with Gasteiger partial charge in [0.2, 0.25) is 0 Å². The summed E-state index contributed by atoms with van der Waals surface area (Å²) in [5, 5.41) is 11.1. The summed E-state index contributed by atoms with van der Waals surface area (Å²) in [7, 11) is 0. The Kier molecular flexibility index (Phi) is 14.0. The highest BCUT2D eigenvalue weighted by atomic mass is 16.3. The maximum atomic E-state index is 13.0. The number of hydrogen-bond acceptors (Lipinski definition) is 2. The summed E-state index contributed by atoms with van der Waals surface area (Å²) < 4.78 is 0. The molecule has 0 heterocycles. The molecule has 0 radical (unpaired) electrons. The number of Topliss-reactive ketones (excluding diaryl/α,β-unsaturated/α-hetero) is 1. The first-order chi connectivity index (χ1) is 14.4. The lowest BCUT2D eigenvalue weighted by Crippen LogP contribution is -2.38. The smallest absolute Gasteiger partial charge is 0.194 e. The van der Waals surface area contributed by atoms with Gasteiger partial charge in [-0.1, -0.05) is 135 Å². The van der Waals surface area contributed by atoms with Gasteiger partial charge >= 0.3 is 0 Å². The second kappa shape index (κ2) is 15.6. The van der Waals surface area contributed by atoms with E-state index in [1.165, 1.54) is 69.8 Å². The Hall–Kier alpha value is -1.15. The van der Waals surface area contributed by atoms with Crippen LogP contribution in [0, 0.1) is 0 Å². The van der Waals surface area contributed by atoms with E-state index < -0.39 is 5.60 Å². The summed E-state index contributed by atoms with van der Waals surface area (Å²) in [6.45, 7) is 8.61. The molecule has 1 aromatic carbocycles. The van der Waals surface area contributed by atoms with Crippen LogP contribution in [-0.4, -0.2) is 16.5 Å². The summed E-state index contributed by atoms with van der Waals surface area (Å²) in [5.74, 6) is 0.354. The molecule has 0 saturated carbocycles. The van der Waals surface area contributed by atoms with Crippen molar-refractivity contribution in [2.45, 2.75) is 136 Å². The van der Waals surface area contributed by atoms with Gasteiger partial charge in [-0.15, -0.1) is 0 Å². The van der Waals surface area contributed by atoms with E-state index in [4.69, 9.17) is 0 Å². The van der Waals surface area contributed by atoms with Crippen LogP contribution < -0.4 is 0 Å². The van der Waals surface area contributed by atoms with E-state index in [9.17, 15) is 9.90 Å². The van der Waals surface area contributed by atoms with E-state index in [1.807, 2.05) is 31.2 Å². The van der Waals surface area contributed by atoms with Crippen molar-refractivity contribution in [2.75, 3.05) is 0 Å². The number of unbranched alkanes of at least 4 members (excludes halogenated alkanes) is 11. The number of carbonyl (C=O) groups is 1. The molecule has 1 rings (SSSR count). The van der Waals surface area contributed by atoms with E-state index in [2.05, 4.69) is 20.8 Å². The summed E-state index contributed by atoms with van der Waals surface area (Å²) in [4.78, 5) is 13.0. The lowest BCUT2D eigenvalue weighted by molar-refractivity contribution is 0.0207. The van der Waals surface area contributed by atoms with Gasteiger partial charge in [0.1, 0.15) is 5.60 Å². The second-order valence-corrected chi connectivity index (χ2v) is 9.53. The molecule has 0 aliphatic carbocycles. The molecule has 1 atom stereocenters. The minimum absolute atomic E-state index is 0.0947. The maximum Gasteiger partial charge on any atom is 0.194 e. The highest BCUT2D eigenvalue weighted by molar-refractivity contribution is 6.02. The van der Waals surface area contributed by atoms with Crippen molar-refractivity contribution in [3.63, 3.8) is 0 Å². The molecular formula is C28H48O2. The van der Waals surface area contributed by atoms with Crippen molar-refractivity contribution in [3.8, 4) is 0 Å². The number of hydrogen-bond donors (Lipinski definition) is 1. The zero-order chi connectivity index (χ0) is 22.2. The predicted octanol–water partition coefficient (Wildman–Crippen LogP) is 8.62. The summed E-state index contributed by atoms with van der Waals surface area (Å²) in [5.41, 5.74) is 0.674. The van der Waals surface area contributed by atoms with Crippen LogP contribution in [0.25, 0.3) is 0 Å². The molecule has 2 nitrogen and oxygen atoms in total. The van der Waals surface area contributed by atoms with Crippen LogP contribution in [0.2, 0.25) is 0 Å². The molecule has 0 aromatic heterocycles. The summed E-state index contributed by atoms with van der Waals surface area (Å²) >= 11 is 0. The van der Waals surface area contributed by atoms with Gasteiger partial charge in [0.25, 0.3) is 0 Å². The van der Waals surface area contributed by atoms with E-state index in [-0.39, 0.29) is 5.78 Å². The Morgan fingerprint density at radius 1 is 0.733 bits per heavy atom. The largest absolute Gasteiger partial charge is 0.382 e. The maximum absolute atomic E-state index is 13.0. The number of aliphatic hydroxyl groups is 1. The fourth-order valence-electron chi connectivity index (χ4n) is 4.31. The van der Waals surface area contributed by atoms with Gasteiger partial charge in [0.15, 0.2) is 5.78 Å². The molecule has 1 unspecified atom stereocenters. The van der Waals surface area contributed by atoms with Crippen molar-refractivity contribution < 1.29 is 9.90 Å². The van der Waals surface area contributed by atoms with Crippen molar-refractivity contribution in [3.05, 3.63) is 35.4 Å². The van der Waals surface area contributed by atoms with E-state index in [0.717, 1.165) is 19.3 Å². The average molecular weight is 417 g/mol. The third-order valence-corrected chi connectivity index (χ3v) is 6.37. The number of benzene rings is 1. The van der Waals surface area contributed by atoms with Gasteiger partial charge in [-0.3, -0.25) is 4.79 Å². The first kappa shape index (κ1) is 26.9. The Labute approximate surface area is 186 Å². The summed E-state index contributed by atoms with van der Waals surface area (Å²) in [6.07, 6.45) is 17.5. The van der Waals surface area contributed by atoms with Gasteiger partial charge in [0, 0.05) is 5.56 Å². The van der Waals surface area contributed by atoms with Crippen molar-refractivity contribution >= 4 is 5.78 Å². The molecule has 2 heteroatoms. The SMILES string of the molecule is CCCCCCCCCCCCCCC(O)(CCC)C(=O)c1ccc(C(C)C)cc1. The Balaban J connectivity index is 2.31. The van der Waals surface area contributed by atoms with Crippen LogP contribution in [0.3, 0.4) is 0 Å². The number of rotatable bonds is 18. The molecule has 0 aliphatic rings. The van der Waals surface area contributed by atoms with E-state index >= 15 is 0 Å². The molecule has 0 saturated heterocycles. The van der Waals surface area contributed by atoms with E-state index in [1.54, 1.807) is 0 Å². The Morgan fingerprint density at radius 3 is 1.63 bits per heavy atom. The zero-order valence-electron chi connectivity index (χ0n) is 20.3. The fraction of sp³-hybridized carbons (Fsp3) is 0.750. The van der Waals surface area contributed by atoms with Gasteiger partial charge in [0.05, 0.1) is 0 Å². The molecule has 172 valence electrons. The van der Waals surface area contributed by atoms with Gasteiger partial charge in [-0.2, -0.15) is 0 Å². The molecule has 1 aromatic rings. The lowest BCUT2D eigenvalue weighted by atomic mass is 9.83. The van der Waals surface area contributed by atoms with Crippen LogP contribution in [0.1, 0.15) is 146 Å². The molecule has 0 amide bonds. The normalized spacial score (nSPS) is 13.5. The Bertz CT molecular complexity index is 561. The summed E-state index contributed by atoms with van der Waals surface area (Å²) in [6, 6.07) is 7.82. The highest BCUT2D eigenvalue weighted by Crippen LogP contribution is 2.27. The quantitative estimate of drug-likeness (QED) is 0.192. The molecule has 0 fully saturated rings. The highest BCUT2D eigenvalue weighted by Gasteiger charge is 2.34. The second-order valence-electron chi connectivity index (χ2n) is 9.53. The van der Waals surface area contributed by atoms with Crippen LogP contribution in [0.5, 0.6) is 0 Å². The molecule has 1 N–H and O–H groups in total. The Morgan fingerprint density at radius 2 is 1.20 bits per heavy atom. The van der Waals surface area contributed by atoms with Crippen LogP contribution >= 0.6 is 0 Å². The number of ketones is 1. The molecule has 0 spiro atoms. The van der Waals surface area contributed by atoms with Crippen LogP contribution in [-0.2, 0) is 0 Å². The lowest BCUT2D eigenvalue weighted by Gasteiger charge is -2.26. The molecule has 0 bridgehead atoms. The van der Waals surface area contributed by atoms with E-state index in [0.29, 0.717) is 24.3 Å².